The van der Waals surface area contributed by atoms with E-state index in [2.05, 4.69) is 6.07 Å². The topological polar surface area (TPSA) is 70.2 Å². The maximum atomic E-state index is 13.3. The molecule has 0 bridgehead atoms. The largest absolute Gasteiger partial charge is 0.283 e. The van der Waals surface area contributed by atoms with Crippen LogP contribution in [0.2, 0.25) is 0 Å². The molecule has 0 aliphatic heterocycles. The van der Waals surface area contributed by atoms with Gasteiger partial charge in [0.25, 0.3) is 5.69 Å². The van der Waals surface area contributed by atoms with Crippen LogP contribution in [0.15, 0.2) is 18.2 Å². The molecule has 0 radical (unpaired) electrons. The normalized spacial score (nSPS) is 15.4. The quantitative estimate of drug-likeness (QED) is 0.471. The molecule has 0 N–H and O–H groups in total. The third-order valence-corrected chi connectivity index (χ3v) is 3.73. The lowest BCUT2D eigenvalue weighted by atomic mass is 10.1. The van der Waals surface area contributed by atoms with Crippen molar-refractivity contribution in [2.45, 2.75) is 38.3 Å². The number of hydrogen-bond donors (Lipinski definition) is 0. The van der Waals surface area contributed by atoms with Crippen LogP contribution in [0.4, 0.5) is 10.1 Å². The number of halogens is 1. The highest BCUT2D eigenvalue weighted by Crippen LogP contribution is 2.27. The van der Waals surface area contributed by atoms with Crippen LogP contribution in [-0.4, -0.2) is 22.4 Å². The van der Waals surface area contributed by atoms with Gasteiger partial charge >= 0.3 is 0 Å². The highest BCUT2D eigenvalue weighted by Gasteiger charge is 2.25. The Morgan fingerprint density at radius 3 is 2.75 bits per heavy atom. The van der Waals surface area contributed by atoms with Gasteiger partial charge in [-0.1, -0.05) is 12.8 Å². The van der Waals surface area contributed by atoms with Gasteiger partial charge in [-0.3, -0.25) is 15.0 Å². The molecule has 20 heavy (non-hydrogen) atoms. The molecule has 0 heterocycles. The summed E-state index contributed by atoms with van der Waals surface area (Å²) >= 11 is 0. The van der Waals surface area contributed by atoms with Crippen LogP contribution in [0.25, 0.3) is 0 Å². The maximum Gasteiger partial charge on any atom is 0.274 e. The summed E-state index contributed by atoms with van der Waals surface area (Å²) in [6.07, 6.45) is 4.20. The molecule has 106 valence electrons. The van der Waals surface area contributed by atoms with Crippen molar-refractivity contribution >= 4 is 5.69 Å². The minimum absolute atomic E-state index is 0.0904. The highest BCUT2D eigenvalue weighted by molar-refractivity contribution is 5.40. The Morgan fingerprint density at radius 2 is 2.15 bits per heavy atom. The van der Waals surface area contributed by atoms with Crippen molar-refractivity contribution < 1.29 is 9.31 Å². The average molecular weight is 277 g/mol. The van der Waals surface area contributed by atoms with Crippen molar-refractivity contribution in [3.63, 3.8) is 0 Å². The van der Waals surface area contributed by atoms with Gasteiger partial charge in [0, 0.05) is 24.2 Å². The smallest absolute Gasteiger partial charge is 0.274 e. The van der Waals surface area contributed by atoms with Crippen molar-refractivity contribution in [3.8, 4) is 6.07 Å². The van der Waals surface area contributed by atoms with E-state index in [1.54, 1.807) is 0 Å². The first-order chi connectivity index (χ1) is 9.61. The summed E-state index contributed by atoms with van der Waals surface area (Å²) in [5.74, 6) is -0.492. The van der Waals surface area contributed by atoms with E-state index in [1.165, 1.54) is 12.1 Å². The van der Waals surface area contributed by atoms with Gasteiger partial charge in [-0.2, -0.15) is 5.26 Å². The summed E-state index contributed by atoms with van der Waals surface area (Å²) in [4.78, 5) is 12.4. The van der Waals surface area contributed by atoms with Crippen molar-refractivity contribution in [1.82, 2.24) is 4.90 Å². The van der Waals surface area contributed by atoms with E-state index < -0.39 is 10.7 Å². The second-order valence-corrected chi connectivity index (χ2v) is 5.03. The van der Waals surface area contributed by atoms with Gasteiger partial charge in [0.05, 0.1) is 17.5 Å². The van der Waals surface area contributed by atoms with Crippen LogP contribution in [0.5, 0.6) is 0 Å². The van der Waals surface area contributed by atoms with E-state index in [0.717, 1.165) is 31.7 Å². The van der Waals surface area contributed by atoms with E-state index in [-0.39, 0.29) is 24.8 Å². The van der Waals surface area contributed by atoms with Crippen LogP contribution in [-0.2, 0) is 6.54 Å². The highest BCUT2D eigenvalue weighted by atomic mass is 19.1. The second kappa shape index (κ2) is 6.44. The Hall–Kier alpha value is -2.00. The Kier molecular flexibility index (Phi) is 4.64. The monoisotopic (exact) mass is 277 g/mol. The Morgan fingerprint density at radius 1 is 1.45 bits per heavy atom. The number of benzene rings is 1. The summed E-state index contributed by atoms with van der Waals surface area (Å²) in [7, 11) is 0. The molecule has 0 unspecified atom stereocenters. The third kappa shape index (κ3) is 3.31. The van der Waals surface area contributed by atoms with Crippen molar-refractivity contribution in [2.75, 3.05) is 6.54 Å². The molecule has 0 spiro atoms. The fraction of sp³-hybridized carbons (Fsp3) is 0.500. The molecule has 5 nitrogen and oxygen atoms in total. The molecular formula is C14H16FN3O2. The SMILES string of the molecule is N#CCN(Cc1cc(F)ccc1[N+](=O)[O-])C1CCCC1. The summed E-state index contributed by atoms with van der Waals surface area (Å²) in [6.45, 7) is 0.449. The number of nitriles is 1. The van der Waals surface area contributed by atoms with Crippen LogP contribution in [0, 0.1) is 27.3 Å². The second-order valence-electron chi connectivity index (χ2n) is 5.03. The van der Waals surface area contributed by atoms with Crippen LogP contribution in [0.1, 0.15) is 31.2 Å². The van der Waals surface area contributed by atoms with E-state index in [0.29, 0.717) is 5.56 Å². The Balaban J connectivity index is 2.23. The zero-order valence-electron chi connectivity index (χ0n) is 11.1. The van der Waals surface area contributed by atoms with Gasteiger partial charge in [0.2, 0.25) is 0 Å². The van der Waals surface area contributed by atoms with Gasteiger partial charge in [-0.15, -0.1) is 0 Å². The minimum Gasteiger partial charge on any atom is -0.283 e. The van der Waals surface area contributed by atoms with Gasteiger partial charge < -0.3 is 0 Å². The van der Waals surface area contributed by atoms with E-state index >= 15 is 0 Å². The first-order valence-corrected chi connectivity index (χ1v) is 6.65. The van der Waals surface area contributed by atoms with Crippen LogP contribution in [0.3, 0.4) is 0 Å². The van der Waals surface area contributed by atoms with Crippen molar-refractivity contribution in [3.05, 3.63) is 39.7 Å². The summed E-state index contributed by atoms with van der Waals surface area (Å²) < 4.78 is 13.3. The summed E-state index contributed by atoms with van der Waals surface area (Å²) in [5.41, 5.74) is 0.240. The standard InChI is InChI=1S/C14H16FN3O2/c15-12-5-6-14(18(19)20)11(9-12)10-17(8-7-16)13-3-1-2-4-13/h5-6,9,13H,1-4,8,10H2. The fourth-order valence-corrected chi connectivity index (χ4v) is 2.75. The van der Waals surface area contributed by atoms with Crippen LogP contribution < -0.4 is 0 Å². The molecule has 0 atom stereocenters. The molecule has 6 heteroatoms. The average Bonchev–Trinajstić information content (AvgIpc) is 2.91. The van der Waals surface area contributed by atoms with Crippen molar-refractivity contribution in [1.29, 1.82) is 5.26 Å². The Bertz CT molecular complexity index is 536. The zero-order chi connectivity index (χ0) is 14.5. The number of nitrogens with zero attached hydrogens (tertiary/aromatic N) is 3. The molecule has 0 aromatic heterocycles. The predicted molar refractivity (Wildman–Crippen MR) is 71.3 cm³/mol. The number of hydrogen-bond acceptors (Lipinski definition) is 4. The fourth-order valence-electron chi connectivity index (χ4n) is 2.75. The minimum atomic E-state index is -0.506. The first kappa shape index (κ1) is 14.4. The van der Waals surface area contributed by atoms with Gasteiger partial charge in [-0.25, -0.2) is 4.39 Å². The summed E-state index contributed by atoms with van der Waals surface area (Å²) in [5, 5.41) is 19.9. The maximum absolute atomic E-state index is 13.3. The zero-order valence-corrected chi connectivity index (χ0v) is 11.1. The third-order valence-electron chi connectivity index (χ3n) is 3.73. The number of rotatable bonds is 5. The van der Waals surface area contributed by atoms with Gasteiger partial charge in [-0.05, 0) is 25.0 Å². The lowest BCUT2D eigenvalue weighted by molar-refractivity contribution is -0.385. The molecular weight excluding hydrogens is 261 g/mol. The number of nitro groups is 1. The molecule has 1 aliphatic rings. The molecule has 1 aromatic rings. The molecule has 1 aliphatic carbocycles. The van der Waals surface area contributed by atoms with E-state index in [1.807, 2.05) is 4.90 Å². The molecule has 0 amide bonds. The van der Waals surface area contributed by atoms with E-state index in [4.69, 9.17) is 5.26 Å². The first-order valence-electron chi connectivity index (χ1n) is 6.65. The van der Waals surface area contributed by atoms with Crippen LogP contribution >= 0.6 is 0 Å². The summed E-state index contributed by atoms with van der Waals surface area (Å²) in [6, 6.07) is 5.82. The van der Waals surface area contributed by atoms with Gasteiger partial charge in [0.15, 0.2) is 0 Å². The van der Waals surface area contributed by atoms with E-state index in [9.17, 15) is 14.5 Å². The van der Waals surface area contributed by atoms with Crippen molar-refractivity contribution in [2.24, 2.45) is 0 Å². The van der Waals surface area contributed by atoms with Gasteiger partial charge in [0.1, 0.15) is 5.82 Å². The molecule has 2 rings (SSSR count). The lowest BCUT2D eigenvalue weighted by Crippen LogP contribution is -2.33. The lowest BCUT2D eigenvalue weighted by Gasteiger charge is -2.26. The Labute approximate surface area is 116 Å². The molecule has 1 aromatic carbocycles. The molecule has 0 saturated heterocycles. The number of nitro benzene ring substituents is 1. The molecule has 1 saturated carbocycles. The molecule has 1 fully saturated rings. The predicted octanol–water partition coefficient (Wildman–Crippen LogP) is 3.00.